The quantitative estimate of drug-likeness (QED) is 0.870. The van der Waals surface area contributed by atoms with E-state index in [9.17, 15) is 4.79 Å². The number of likely N-dealkylation sites (N-methyl/N-ethyl adjacent to an activating group) is 1. The van der Waals surface area contributed by atoms with Crippen molar-refractivity contribution in [2.75, 3.05) is 14.1 Å². The van der Waals surface area contributed by atoms with Crippen LogP contribution in [0.4, 0.5) is 0 Å². The summed E-state index contributed by atoms with van der Waals surface area (Å²) in [4.78, 5) is 18.9. The van der Waals surface area contributed by atoms with Gasteiger partial charge in [-0.05, 0) is 32.6 Å². The average Bonchev–Trinajstić information content (AvgIpc) is 2.41. The first kappa shape index (κ1) is 15.3. The molecular formula is C14H17Cl2N3O. The first-order valence-corrected chi connectivity index (χ1v) is 7.20. The second kappa shape index (κ2) is 6.12. The van der Waals surface area contributed by atoms with Crippen LogP contribution in [0.2, 0.25) is 10.0 Å². The summed E-state index contributed by atoms with van der Waals surface area (Å²) in [7, 11) is 4.00. The molecule has 0 amide bonds. The van der Waals surface area contributed by atoms with E-state index in [1.165, 1.54) is 0 Å². The molecule has 1 aromatic carbocycles. The molecule has 0 fully saturated rings. The van der Waals surface area contributed by atoms with Gasteiger partial charge in [0.1, 0.15) is 0 Å². The zero-order chi connectivity index (χ0) is 14.9. The molecule has 6 heteroatoms. The number of hydrogen-bond acceptors (Lipinski definition) is 3. The van der Waals surface area contributed by atoms with Crippen molar-refractivity contribution in [3.8, 4) is 0 Å². The molecule has 0 aliphatic heterocycles. The van der Waals surface area contributed by atoms with Gasteiger partial charge in [-0.2, -0.15) is 0 Å². The molecule has 0 spiro atoms. The van der Waals surface area contributed by atoms with E-state index in [-0.39, 0.29) is 11.6 Å². The molecule has 0 radical (unpaired) electrons. The second-order valence-corrected chi connectivity index (χ2v) is 5.79. The molecule has 2 rings (SSSR count). The molecule has 1 aromatic heterocycles. The summed E-state index contributed by atoms with van der Waals surface area (Å²) in [6, 6.07) is 3.55. The number of nitrogens with zero attached hydrogens (tertiary/aromatic N) is 3. The Bertz CT molecular complexity index is 682. The van der Waals surface area contributed by atoms with Crippen molar-refractivity contribution in [1.82, 2.24) is 14.5 Å². The van der Waals surface area contributed by atoms with Crippen LogP contribution in [0.15, 0.2) is 23.3 Å². The van der Waals surface area contributed by atoms with Gasteiger partial charge in [0.05, 0.1) is 27.3 Å². The van der Waals surface area contributed by atoms with Crippen LogP contribution in [0.5, 0.6) is 0 Å². The van der Waals surface area contributed by atoms with Crippen molar-refractivity contribution < 1.29 is 0 Å². The van der Waals surface area contributed by atoms with E-state index >= 15 is 0 Å². The van der Waals surface area contributed by atoms with Gasteiger partial charge in [0.25, 0.3) is 5.56 Å². The second-order valence-electron chi connectivity index (χ2n) is 4.98. The van der Waals surface area contributed by atoms with Gasteiger partial charge in [0.15, 0.2) is 0 Å². The monoisotopic (exact) mass is 313 g/mol. The third kappa shape index (κ3) is 2.82. The summed E-state index contributed by atoms with van der Waals surface area (Å²) in [6.07, 6.45) is 2.49. The van der Waals surface area contributed by atoms with Crippen LogP contribution in [-0.4, -0.2) is 34.6 Å². The summed E-state index contributed by atoms with van der Waals surface area (Å²) >= 11 is 12.2. The van der Waals surface area contributed by atoms with E-state index in [4.69, 9.17) is 23.2 Å². The van der Waals surface area contributed by atoms with E-state index in [0.29, 0.717) is 27.5 Å². The maximum atomic E-state index is 12.5. The fourth-order valence-corrected chi connectivity index (χ4v) is 2.65. The van der Waals surface area contributed by atoms with Gasteiger partial charge in [-0.15, -0.1) is 0 Å². The highest BCUT2D eigenvalue weighted by Crippen LogP contribution is 2.25. The molecule has 0 N–H and O–H groups in total. The topological polar surface area (TPSA) is 38.1 Å². The van der Waals surface area contributed by atoms with Crippen LogP contribution in [0.25, 0.3) is 10.9 Å². The Morgan fingerprint density at radius 1 is 1.30 bits per heavy atom. The summed E-state index contributed by atoms with van der Waals surface area (Å²) in [5.41, 5.74) is 0.307. The summed E-state index contributed by atoms with van der Waals surface area (Å²) in [5.74, 6) is 0. The van der Waals surface area contributed by atoms with Crippen molar-refractivity contribution in [3.63, 3.8) is 0 Å². The highest BCUT2D eigenvalue weighted by molar-refractivity contribution is 6.39. The van der Waals surface area contributed by atoms with Gasteiger partial charge >= 0.3 is 0 Å². The Morgan fingerprint density at radius 3 is 2.55 bits per heavy atom. The molecule has 20 heavy (non-hydrogen) atoms. The molecule has 0 saturated carbocycles. The fraction of sp³-hybridized carbons (Fsp3) is 0.429. The Labute approximate surface area is 127 Å². The van der Waals surface area contributed by atoms with E-state index < -0.39 is 0 Å². The van der Waals surface area contributed by atoms with Gasteiger partial charge in [-0.25, -0.2) is 4.98 Å². The average molecular weight is 314 g/mol. The van der Waals surface area contributed by atoms with Crippen LogP contribution in [-0.2, 0) is 6.54 Å². The van der Waals surface area contributed by atoms with E-state index in [2.05, 4.69) is 16.8 Å². The number of aromatic nitrogens is 2. The largest absolute Gasteiger partial charge is 0.305 e. The summed E-state index contributed by atoms with van der Waals surface area (Å²) in [6.45, 7) is 2.67. The van der Waals surface area contributed by atoms with Crippen LogP contribution in [0.1, 0.15) is 13.3 Å². The highest BCUT2D eigenvalue weighted by Gasteiger charge is 2.14. The zero-order valence-electron chi connectivity index (χ0n) is 11.7. The maximum absolute atomic E-state index is 12.5. The van der Waals surface area contributed by atoms with Crippen LogP contribution < -0.4 is 5.56 Å². The molecule has 0 aliphatic carbocycles. The Morgan fingerprint density at radius 2 is 1.95 bits per heavy atom. The lowest BCUT2D eigenvalue weighted by molar-refractivity contribution is 0.255. The number of halogens is 2. The van der Waals surface area contributed by atoms with Gasteiger partial charge in [0, 0.05) is 12.6 Å². The first-order chi connectivity index (χ1) is 9.45. The Balaban J connectivity index is 2.55. The third-order valence-corrected chi connectivity index (χ3v) is 4.11. The Hall–Kier alpha value is -1.10. The van der Waals surface area contributed by atoms with Gasteiger partial charge in [-0.1, -0.05) is 30.1 Å². The van der Waals surface area contributed by atoms with Gasteiger partial charge < -0.3 is 4.90 Å². The molecule has 2 aromatic rings. The maximum Gasteiger partial charge on any atom is 0.262 e. The van der Waals surface area contributed by atoms with Crippen molar-refractivity contribution >= 4 is 34.1 Å². The predicted octanol–water partition coefficient (Wildman–Crippen LogP) is 3.04. The third-order valence-electron chi connectivity index (χ3n) is 3.49. The molecule has 4 nitrogen and oxygen atoms in total. The molecule has 0 saturated heterocycles. The Kier molecular flexibility index (Phi) is 4.68. The number of benzene rings is 1. The molecule has 0 unspecified atom stereocenters. The number of hydrogen-bond donors (Lipinski definition) is 0. The van der Waals surface area contributed by atoms with Crippen molar-refractivity contribution in [2.45, 2.75) is 25.9 Å². The van der Waals surface area contributed by atoms with Gasteiger partial charge in [0.2, 0.25) is 0 Å². The summed E-state index contributed by atoms with van der Waals surface area (Å²) < 4.78 is 1.60. The zero-order valence-corrected chi connectivity index (χ0v) is 13.2. The number of fused-ring (bicyclic) bond motifs is 1. The molecule has 0 aliphatic rings. The van der Waals surface area contributed by atoms with E-state index in [0.717, 1.165) is 6.42 Å². The predicted molar refractivity (Wildman–Crippen MR) is 83.8 cm³/mol. The molecule has 0 bridgehead atoms. The lowest BCUT2D eigenvalue weighted by atomic mass is 10.2. The standard InChI is InChI=1S/C14H17Cl2N3O/c1-4-9(18(2)3)7-19-8-17-13-11(16)6-5-10(15)12(13)14(19)20/h5-6,8-9H,4,7H2,1-3H3/t9-/m0/s1. The molecule has 1 atom stereocenters. The lowest BCUT2D eigenvalue weighted by Gasteiger charge is -2.23. The van der Waals surface area contributed by atoms with E-state index in [1.54, 1.807) is 23.0 Å². The van der Waals surface area contributed by atoms with Crippen LogP contribution in [0.3, 0.4) is 0 Å². The van der Waals surface area contributed by atoms with Crippen molar-refractivity contribution in [3.05, 3.63) is 38.9 Å². The lowest BCUT2D eigenvalue weighted by Crippen LogP contribution is -2.35. The van der Waals surface area contributed by atoms with Crippen molar-refractivity contribution in [1.29, 1.82) is 0 Å². The van der Waals surface area contributed by atoms with E-state index in [1.807, 2.05) is 14.1 Å². The van der Waals surface area contributed by atoms with Gasteiger partial charge in [-0.3, -0.25) is 9.36 Å². The normalized spacial score (nSPS) is 13.1. The molecule has 108 valence electrons. The minimum atomic E-state index is -0.150. The number of rotatable bonds is 4. The summed E-state index contributed by atoms with van der Waals surface area (Å²) in [5, 5.41) is 1.21. The molecular weight excluding hydrogens is 297 g/mol. The van der Waals surface area contributed by atoms with Crippen molar-refractivity contribution in [2.24, 2.45) is 0 Å². The molecule has 1 heterocycles. The smallest absolute Gasteiger partial charge is 0.262 e. The van der Waals surface area contributed by atoms with Crippen LogP contribution >= 0.6 is 23.2 Å². The minimum absolute atomic E-state index is 0.150. The SMILES string of the molecule is CC[C@@H](Cn1cnc2c(Cl)ccc(Cl)c2c1=O)N(C)C. The minimum Gasteiger partial charge on any atom is -0.305 e. The first-order valence-electron chi connectivity index (χ1n) is 6.45. The van der Waals surface area contributed by atoms with Crippen LogP contribution in [0, 0.1) is 0 Å². The fourth-order valence-electron chi connectivity index (χ4n) is 2.21. The highest BCUT2D eigenvalue weighted by atomic mass is 35.5.